The molecule has 0 bridgehead atoms. The number of alkyl halides is 4. The highest BCUT2D eigenvalue weighted by atomic mass is 35.5. The Morgan fingerprint density at radius 1 is 1.43 bits per heavy atom. The predicted octanol–water partition coefficient (Wildman–Crippen LogP) is 3.33. The lowest BCUT2D eigenvalue weighted by Gasteiger charge is -2.33. The number of carbonyl (C=O) groups excluding carboxylic acids is 1. The van der Waals surface area contributed by atoms with Crippen LogP contribution in [0.5, 0.6) is 0 Å². The van der Waals surface area contributed by atoms with E-state index >= 15 is 0 Å². The number of halogens is 4. The molecular formula is C16H16ClF3N2O. The number of terminal acetylenes is 1. The second-order valence-corrected chi connectivity index (χ2v) is 5.67. The Balaban J connectivity index is 2.16. The van der Waals surface area contributed by atoms with Crippen LogP contribution >= 0.6 is 11.6 Å². The maximum atomic E-state index is 12.9. The van der Waals surface area contributed by atoms with Crippen molar-refractivity contribution >= 4 is 23.2 Å². The highest BCUT2D eigenvalue weighted by molar-refractivity contribution is 6.27. The van der Waals surface area contributed by atoms with E-state index in [1.54, 1.807) is 4.90 Å². The summed E-state index contributed by atoms with van der Waals surface area (Å²) in [6.07, 6.45) is 2.29. The fourth-order valence-corrected chi connectivity index (χ4v) is 2.77. The zero-order valence-corrected chi connectivity index (χ0v) is 13.0. The zero-order chi connectivity index (χ0) is 17.0. The molecule has 0 aliphatic carbocycles. The van der Waals surface area contributed by atoms with Crippen LogP contribution in [0, 0.1) is 12.3 Å². The third-order valence-corrected chi connectivity index (χ3v) is 3.91. The van der Waals surface area contributed by atoms with Crippen LogP contribution in [-0.2, 0) is 11.0 Å². The van der Waals surface area contributed by atoms with Crippen LogP contribution in [-0.4, -0.2) is 35.8 Å². The topological polar surface area (TPSA) is 32.3 Å². The highest BCUT2D eigenvalue weighted by Gasteiger charge is 2.31. The molecule has 0 saturated carbocycles. The zero-order valence-electron chi connectivity index (χ0n) is 12.3. The molecule has 1 aliphatic rings. The van der Waals surface area contributed by atoms with Crippen molar-refractivity contribution < 1.29 is 18.0 Å². The molecule has 1 N–H and O–H groups in total. The molecular weight excluding hydrogens is 329 g/mol. The molecule has 7 heteroatoms. The van der Waals surface area contributed by atoms with Crippen LogP contribution < -0.4 is 5.32 Å². The SMILES string of the molecule is C#Cc1cc(N[C@@H]2CCCN(C(=O)CCl)C2)cc(C(F)(F)F)c1. The Morgan fingerprint density at radius 2 is 2.17 bits per heavy atom. The first-order valence-corrected chi connectivity index (χ1v) is 7.66. The van der Waals surface area contributed by atoms with E-state index in [2.05, 4.69) is 11.2 Å². The molecule has 1 fully saturated rings. The van der Waals surface area contributed by atoms with Crippen LogP contribution in [0.25, 0.3) is 0 Å². The van der Waals surface area contributed by atoms with E-state index in [9.17, 15) is 18.0 Å². The van der Waals surface area contributed by atoms with Gasteiger partial charge in [0.15, 0.2) is 0 Å². The van der Waals surface area contributed by atoms with E-state index in [0.717, 1.165) is 25.0 Å². The monoisotopic (exact) mass is 344 g/mol. The predicted molar refractivity (Wildman–Crippen MR) is 83.3 cm³/mol. The first kappa shape index (κ1) is 17.5. The van der Waals surface area contributed by atoms with Gasteiger partial charge >= 0.3 is 6.18 Å². The molecule has 1 aromatic rings. The summed E-state index contributed by atoms with van der Waals surface area (Å²) in [5.41, 5.74) is -0.329. The van der Waals surface area contributed by atoms with Crippen molar-refractivity contribution in [2.75, 3.05) is 24.3 Å². The number of benzene rings is 1. The Labute approximate surface area is 137 Å². The molecule has 3 nitrogen and oxygen atoms in total. The molecule has 1 saturated heterocycles. The quantitative estimate of drug-likeness (QED) is 0.674. The molecule has 0 aromatic heterocycles. The van der Waals surface area contributed by atoms with E-state index < -0.39 is 11.7 Å². The number of likely N-dealkylation sites (tertiary alicyclic amines) is 1. The van der Waals surface area contributed by atoms with Crippen molar-refractivity contribution in [1.82, 2.24) is 4.90 Å². The first-order valence-electron chi connectivity index (χ1n) is 7.12. The Hall–Kier alpha value is -1.87. The molecule has 1 aromatic carbocycles. The van der Waals surface area contributed by atoms with Crippen molar-refractivity contribution in [1.29, 1.82) is 0 Å². The van der Waals surface area contributed by atoms with Crippen molar-refractivity contribution in [3.8, 4) is 12.3 Å². The summed E-state index contributed by atoms with van der Waals surface area (Å²) in [5.74, 6) is 1.96. The van der Waals surface area contributed by atoms with Crippen LogP contribution in [0.15, 0.2) is 18.2 Å². The van der Waals surface area contributed by atoms with Crippen LogP contribution in [0.3, 0.4) is 0 Å². The van der Waals surface area contributed by atoms with Crippen LogP contribution in [0.2, 0.25) is 0 Å². The van der Waals surface area contributed by atoms with Gasteiger partial charge < -0.3 is 10.2 Å². The minimum Gasteiger partial charge on any atom is -0.380 e. The largest absolute Gasteiger partial charge is 0.416 e. The molecule has 1 atom stereocenters. The molecule has 0 radical (unpaired) electrons. The van der Waals surface area contributed by atoms with E-state index in [-0.39, 0.29) is 23.4 Å². The highest BCUT2D eigenvalue weighted by Crippen LogP contribution is 2.32. The molecule has 0 unspecified atom stereocenters. The molecule has 2 rings (SSSR count). The molecule has 23 heavy (non-hydrogen) atoms. The maximum absolute atomic E-state index is 12.9. The molecule has 1 aliphatic heterocycles. The smallest absolute Gasteiger partial charge is 0.380 e. The number of hydrogen-bond donors (Lipinski definition) is 1. The Bertz CT molecular complexity index is 625. The third-order valence-electron chi connectivity index (χ3n) is 3.69. The second-order valence-electron chi connectivity index (χ2n) is 5.40. The second kappa shape index (κ2) is 7.14. The van der Waals surface area contributed by atoms with Gasteiger partial charge in [-0.3, -0.25) is 4.79 Å². The fraction of sp³-hybridized carbons (Fsp3) is 0.438. The maximum Gasteiger partial charge on any atom is 0.416 e. The molecule has 1 amide bonds. The fourth-order valence-electron chi connectivity index (χ4n) is 2.60. The minimum atomic E-state index is -4.46. The van der Waals surface area contributed by atoms with E-state index in [4.69, 9.17) is 18.0 Å². The third kappa shape index (κ3) is 4.55. The molecule has 1 heterocycles. The summed E-state index contributed by atoms with van der Waals surface area (Å²) in [7, 11) is 0. The van der Waals surface area contributed by atoms with Gasteiger partial charge in [-0.15, -0.1) is 18.0 Å². The first-order chi connectivity index (χ1) is 10.8. The number of nitrogens with zero attached hydrogens (tertiary/aromatic N) is 1. The van der Waals surface area contributed by atoms with Crippen molar-refractivity contribution in [3.05, 3.63) is 29.3 Å². The number of piperidine rings is 1. The summed E-state index contributed by atoms with van der Waals surface area (Å²) in [6.45, 7) is 1.02. The van der Waals surface area contributed by atoms with E-state index in [0.29, 0.717) is 18.8 Å². The summed E-state index contributed by atoms with van der Waals surface area (Å²) < 4.78 is 38.7. The summed E-state index contributed by atoms with van der Waals surface area (Å²) in [4.78, 5) is 13.3. The summed E-state index contributed by atoms with van der Waals surface area (Å²) in [5, 5.41) is 3.04. The number of rotatable bonds is 3. The van der Waals surface area contributed by atoms with Crippen molar-refractivity contribution in [2.45, 2.75) is 25.1 Å². The lowest BCUT2D eigenvalue weighted by molar-refractivity contribution is -0.137. The van der Waals surface area contributed by atoms with Crippen LogP contribution in [0.1, 0.15) is 24.0 Å². The van der Waals surface area contributed by atoms with E-state index in [1.165, 1.54) is 6.07 Å². The lowest BCUT2D eigenvalue weighted by Crippen LogP contribution is -2.45. The van der Waals surface area contributed by atoms with Gasteiger partial charge in [0.1, 0.15) is 5.88 Å². The van der Waals surface area contributed by atoms with Crippen molar-refractivity contribution in [3.63, 3.8) is 0 Å². The average Bonchev–Trinajstić information content (AvgIpc) is 2.53. The van der Waals surface area contributed by atoms with Gasteiger partial charge in [0.2, 0.25) is 5.91 Å². The summed E-state index contributed by atoms with van der Waals surface area (Å²) >= 11 is 5.55. The van der Waals surface area contributed by atoms with Gasteiger partial charge in [-0.25, -0.2) is 0 Å². The van der Waals surface area contributed by atoms with Crippen LogP contribution in [0.4, 0.5) is 18.9 Å². The van der Waals surface area contributed by atoms with Gasteiger partial charge in [0.05, 0.1) is 5.56 Å². The Morgan fingerprint density at radius 3 is 2.78 bits per heavy atom. The normalized spacial score (nSPS) is 18.4. The number of carbonyl (C=O) groups is 1. The van der Waals surface area contributed by atoms with Gasteiger partial charge in [-0.1, -0.05) is 5.92 Å². The van der Waals surface area contributed by atoms with Crippen molar-refractivity contribution in [2.24, 2.45) is 0 Å². The molecule has 0 spiro atoms. The molecule has 124 valence electrons. The Kier molecular flexibility index (Phi) is 5.42. The number of hydrogen-bond acceptors (Lipinski definition) is 2. The van der Waals surface area contributed by atoms with E-state index in [1.807, 2.05) is 0 Å². The standard InChI is InChI=1S/C16H16ClF3N2O/c1-2-11-6-12(16(18,19)20)8-14(7-11)21-13-4-3-5-22(10-13)15(23)9-17/h1,6-8,13,21H,3-5,9-10H2/t13-/m1/s1. The number of amides is 1. The number of nitrogens with one attached hydrogen (secondary N) is 1. The summed E-state index contributed by atoms with van der Waals surface area (Å²) in [6, 6.07) is 3.33. The minimum absolute atomic E-state index is 0.0997. The number of anilines is 1. The van der Waals surface area contributed by atoms with Gasteiger partial charge in [-0.05, 0) is 31.0 Å². The van der Waals surface area contributed by atoms with Gasteiger partial charge in [0, 0.05) is 30.4 Å². The average molecular weight is 345 g/mol. The lowest BCUT2D eigenvalue weighted by atomic mass is 10.0. The van der Waals surface area contributed by atoms with Gasteiger partial charge in [-0.2, -0.15) is 13.2 Å². The van der Waals surface area contributed by atoms with Gasteiger partial charge in [0.25, 0.3) is 0 Å².